The molecule has 0 spiro atoms. The minimum atomic E-state index is 0.297. The molecular weight excluding hydrogens is 412 g/mol. The Kier molecular flexibility index (Phi) is 6.48. The van der Waals surface area contributed by atoms with Crippen molar-refractivity contribution >= 4 is 34.8 Å². The van der Waals surface area contributed by atoms with Crippen LogP contribution in [-0.2, 0) is 0 Å². The lowest BCUT2D eigenvalue weighted by Crippen LogP contribution is -2.28. The van der Waals surface area contributed by atoms with Gasteiger partial charge < -0.3 is 15.3 Å². The first kappa shape index (κ1) is 21.8. The molecule has 7 heteroatoms. The number of hydrogen-bond acceptors (Lipinski definition) is 7. The Morgan fingerprint density at radius 1 is 0.970 bits per heavy atom. The van der Waals surface area contributed by atoms with Crippen LogP contribution in [0.4, 0.5) is 11.6 Å². The van der Waals surface area contributed by atoms with Crippen molar-refractivity contribution in [2.75, 3.05) is 29.9 Å². The summed E-state index contributed by atoms with van der Waals surface area (Å²) in [7, 11) is 0. The predicted molar refractivity (Wildman–Crippen MR) is 133 cm³/mol. The smallest absolute Gasteiger partial charge is 0.156 e. The van der Waals surface area contributed by atoms with Gasteiger partial charge in [0.05, 0.1) is 22.4 Å². The third-order valence-electron chi connectivity index (χ3n) is 6.79. The monoisotopic (exact) mass is 444 g/mol. The summed E-state index contributed by atoms with van der Waals surface area (Å²) < 4.78 is 0. The van der Waals surface area contributed by atoms with Crippen LogP contribution >= 0.6 is 0 Å². The number of nitrogens with zero attached hydrogens (tertiary/aromatic N) is 5. The van der Waals surface area contributed by atoms with Gasteiger partial charge in [0.1, 0.15) is 11.6 Å². The molecule has 0 bridgehead atoms. The Morgan fingerprint density at radius 2 is 1.70 bits per heavy atom. The molecule has 0 amide bonds. The second-order valence-corrected chi connectivity index (χ2v) is 9.22. The Labute approximate surface area is 195 Å². The molecule has 0 radical (unpaired) electrons. The number of aryl methyl sites for hydroxylation is 1. The molecule has 0 unspecified atom stereocenters. The van der Waals surface area contributed by atoms with Crippen molar-refractivity contribution in [2.45, 2.75) is 51.5 Å². The number of fused-ring (bicyclic) bond motifs is 1. The summed E-state index contributed by atoms with van der Waals surface area (Å²) in [5.41, 5.74) is 3.51. The molecule has 2 fully saturated rings. The van der Waals surface area contributed by atoms with Crippen LogP contribution in [0.1, 0.15) is 55.7 Å². The zero-order valence-corrected chi connectivity index (χ0v) is 19.2. The molecule has 5 rings (SSSR count). The summed E-state index contributed by atoms with van der Waals surface area (Å²) in [5.74, 6) is 2.98. The number of aliphatic hydroxyl groups excluding tert-OH is 1. The maximum Gasteiger partial charge on any atom is 0.156 e. The van der Waals surface area contributed by atoms with Gasteiger partial charge in [0, 0.05) is 31.8 Å². The van der Waals surface area contributed by atoms with Crippen molar-refractivity contribution in [3.8, 4) is 0 Å². The van der Waals surface area contributed by atoms with Crippen molar-refractivity contribution < 1.29 is 5.11 Å². The Morgan fingerprint density at radius 3 is 2.42 bits per heavy atom. The Bertz CT molecular complexity index is 1130. The van der Waals surface area contributed by atoms with Crippen LogP contribution in [-0.4, -0.2) is 50.8 Å². The van der Waals surface area contributed by atoms with Gasteiger partial charge in [-0.05, 0) is 75.7 Å². The summed E-state index contributed by atoms with van der Waals surface area (Å²) >= 11 is 0. The maximum atomic E-state index is 9.43. The highest BCUT2D eigenvalue weighted by atomic mass is 16.3. The van der Waals surface area contributed by atoms with Gasteiger partial charge in [-0.25, -0.2) is 19.9 Å². The molecule has 1 saturated heterocycles. The number of anilines is 2. The van der Waals surface area contributed by atoms with Gasteiger partial charge in [-0.2, -0.15) is 0 Å². The maximum absolute atomic E-state index is 9.43. The average molecular weight is 445 g/mol. The lowest BCUT2D eigenvalue weighted by atomic mass is 9.86. The number of nitrogens with one attached hydrogen (secondary N) is 1. The number of para-hydroxylation sites is 2. The van der Waals surface area contributed by atoms with Crippen LogP contribution in [0.3, 0.4) is 0 Å². The molecule has 1 aliphatic carbocycles. The fraction of sp³-hybridized carbons (Fsp3) is 0.462. The van der Waals surface area contributed by atoms with Gasteiger partial charge in [0.2, 0.25) is 0 Å². The van der Waals surface area contributed by atoms with E-state index in [1.807, 2.05) is 43.3 Å². The fourth-order valence-corrected chi connectivity index (χ4v) is 4.82. The molecule has 33 heavy (non-hydrogen) atoms. The van der Waals surface area contributed by atoms with E-state index in [4.69, 9.17) is 15.0 Å². The quantitative estimate of drug-likeness (QED) is 0.580. The number of aromatic nitrogens is 4. The first-order valence-electron chi connectivity index (χ1n) is 12.1. The molecule has 7 nitrogen and oxygen atoms in total. The van der Waals surface area contributed by atoms with E-state index in [1.54, 1.807) is 0 Å². The topological polar surface area (TPSA) is 87.1 Å². The van der Waals surface area contributed by atoms with Crippen molar-refractivity contribution in [2.24, 2.45) is 5.92 Å². The summed E-state index contributed by atoms with van der Waals surface area (Å²) in [6.07, 6.45) is 10.6. The highest BCUT2D eigenvalue weighted by Crippen LogP contribution is 2.28. The largest absolute Gasteiger partial charge is 0.396 e. The van der Waals surface area contributed by atoms with Crippen LogP contribution in [0.5, 0.6) is 0 Å². The lowest BCUT2D eigenvalue weighted by molar-refractivity contribution is 0.185. The predicted octanol–water partition coefficient (Wildman–Crippen LogP) is 4.46. The van der Waals surface area contributed by atoms with Gasteiger partial charge in [0.15, 0.2) is 5.82 Å². The van der Waals surface area contributed by atoms with Gasteiger partial charge in [0.25, 0.3) is 0 Å². The molecule has 1 aromatic carbocycles. The van der Waals surface area contributed by atoms with Crippen molar-refractivity contribution in [1.29, 1.82) is 0 Å². The standard InChI is InChI=1S/C26H32N6O/c1-18-21(29-23-7-3-2-6-22(23)27-18)12-13-24-30-25(16-26(31-24)32-14-4-5-15-32)28-20-10-8-19(17-33)9-11-20/h2-3,6-7,12-13,16,19-20,33H,4-5,8-11,14-15,17H2,1H3,(H,28,30,31)/b13-12+. The number of rotatable bonds is 6. The van der Waals surface area contributed by atoms with Gasteiger partial charge in [-0.15, -0.1) is 0 Å². The van der Waals surface area contributed by atoms with Gasteiger partial charge in [-0.1, -0.05) is 12.1 Å². The van der Waals surface area contributed by atoms with Gasteiger partial charge in [-0.3, -0.25) is 0 Å². The fourth-order valence-electron chi connectivity index (χ4n) is 4.82. The summed E-state index contributed by atoms with van der Waals surface area (Å²) in [5, 5.41) is 13.1. The highest BCUT2D eigenvalue weighted by Gasteiger charge is 2.22. The van der Waals surface area contributed by atoms with E-state index >= 15 is 0 Å². The van der Waals surface area contributed by atoms with Crippen LogP contribution in [0, 0.1) is 12.8 Å². The summed E-state index contributed by atoms with van der Waals surface area (Å²) in [6.45, 7) is 4.36. The zero-order chi connectivity index (χ0) is 22.6. The summed E-state index contributed by atoms with van der Waals surface area (Å²) in [4.78, 5) is 21.5. The minimum Gasteiger partial charge on any atom is -0.396 e. The second-order valence-electron chi connectivity index (χ2n) is 9.22. The molecule has 2 aliphatic rings. The number of hydrogen-bond donors (Lipinski definition) is 2. The van der Waals surface area contributed by atoms with Crippen molar-refractivity contribution in [3.05, 3.63) is 47.5 Å². The first-order chi connectivity index (χ1) is 16.2. The SMILES string of the molecule is Cc1nc2ccccc2nc1/C=C/c1nc(NC2CCC(CO)CC2)cc(N2CCCC2)n1. The minimum absolute atomic E-state index is 0.297. The van der Waals surface area contributed by atoms with Crippen LogP contribution in [0.15, 0.2) is 30.3 Å². The van der Waals surface area contributed by atoms with Crippen LogP contribution < -0.4 is 10.2 Å². The van der Waals surface area contributed by atoms with Crippen LogP contribution in [0.25, 0.3) is 23.2 Å². The number of aliphatic hydroxyl groups is 1. The summed E-state index contributed by atoms with van der Waals surface area (Å²) in [6, 6.07) is 10.4. The number of benzene rings is 1. The second kappa shape index (κ2) is 9.83. The molecular formula is C26H32N6O. The molecule has 2 N–H and O–H groups in total. The average Bonchev–Trinajstić information content (AvgIpc) is 3.38. The Hall–Kier alpha value is -3.06. The highest BCUT2D eigenvalue weighted by molar-refractivity contribution is 5.77. The van der Waals surface area contributed by atoms with E-state index in [9.17, 15) is 5.11 Å². The Balaban J connectivity index is 1.40. The third kappa shape index (κ3) is 5.14. The van der Waals surface area contributed by atoms with E-state index in [0.29, 0.717) is 24.4 Å². The van der Waals surface area contributed by atoms with Gasteiger partial charge >= 0.3 is 0 Å². The molecule has 1 aliphatic heterocycles. The molecule has 3 heterocycles. The van der Waals surface area contributed by atoms with E-state index < -0.39 is 0 Å². The first-order valence-corrected chi connectivity index (χ1v) is 12.1. The van der Waals surface area contributed by atoms with Crippen LogP contribution in [0.2, 0.25) is 0 Å². The normalized spacial score (nSPS) is 21.2. The molecule has 2 aromatic heterocycles. The molecule has 1 saturated carbocycles. The zero-order valence-electron chi connectivity index (χ0n) is 19.2. The molecule has 0 atom stereocenters. The van der Waals surface area contributed by atoms with E-state index in [2.05, 4.69) is 21.3 Å². The third-order valence-corrected chi connectivity index (χ3v) is 6.79. The molecule has 172 valence electrons. The van der Waals surface area contributed by atoms with E-state index in [-0.39, 0.29) is 0 Å². The van der Waals surface area contributed by atoms with Crippen molar-refractivity contribution in [1.82, 2.24) is 19.9 Å². The van der Waals surface area contributed by atoms with E-state index in [0.717, 1.165) is 72.8 Å². The lowest BCUT2D eigenvalue weighted by Gasteiger charge is -2.28. The van der Waals surface area contributed by atoms with Crippen molar-refractivity contribution in [3.63, 3.8) is 0 Å². The molecule has 3 aromatic rings. The van der Waals surface area contributed by atoms with E-state index in [1.165, 1.54) is 12.8 Å².